The Balaban J connectivity index is 1.69. The number of rotatable bonds is 4. The minimum Gasteiger partial charge on any atom is -0.493 e. The zero-order chi connectivity index (χ0) is 18.3. The third-order valence-electron chi connectivity index (χ3n) is 4.39. The van der Waals surface area contributed by atoms with Gasteiger partial charge in [-0.25, -0.2) is 4.98 Å². The van der Waals surface area contributed by atoms with E-state index in [0.29, 0.717) is 27.9 Å². The zero-order valence-electron chi connectivity index (χ0n) is 14.2. The summed E-state index contributed by atoms with van der Waals surface area (Å²) in [6.07, 6.45) is 3.96. The SMILES string of the molecule is Cc1nn(-c2ccc([S@](=N)C3CC3)cn2)c(O)c1-c1ccc(C#N)cc1. The Hall–Kier alpha value is -2.98. The molecule has 1 aromatic carbocycles. The van der Waals surface area contributed by atoms with E-state index in [1.54, 1.807) is 36.5 Å². The third-order valence-corrected chi connectivity index (χ3v) is 6.28. The van der Waals surface area contributed by atoms with Gasteiger partial charge in [0.1, 0.15) is 0 Å². The van der Waals surface area contributed by atoms with Crippen LogP contribution in [0.5, 0.6) is 5.88 Å². The highest BCUT2D eigenvalue weighted by Gasteiger charge is 2.26. The fourth-order valence-corrected chi connectivity index (χ4v) is 4.22. The fourth-order valence-electron chi connectivity index (χ4n) is 2.85. The zero-order valence-corrected chi connectivity index (χ0v) is 15.0. The maximum Gasteiger partial charge on any atom is 0.223 e. The Morgan fingerprint density at radius 2 is 1.96 bits per heavy atom. The molecule has 0 saturated heterocycles. The van der Waals surface area contributed by atoms with Crippen LogP contribution in [-0.2, 0) is 10.7 Å². The standard InChI is InChI=1S/C19H17N5OS/c1-12-18(14-4-2-13(10-20)3-5-14)19(25)24(23-12)17-9-8-16(11-22-17)26(21)15-6-7-15/h2-5,8-9,11,15,21,25H,6-7H2,1H3/t26-/m1/s1. The van der Waals surface area contributed by atoms with Crippen molar-refractivity contribution in [3.63, 3.8) is 0 Å². The summed E-state index contributed by atoms with van der Waals surface area (Å²) in [5.74, 6) is 0.529. The van der Waals surface area contributed by atoms with Gasteiger partial charge >= 0.3 is 0 Å². The lowest BCUT2D eigenvalue weighted by molar-refractivity contribution is 0.433. The van der Waals surface area contributed by atoms with Crippen molar-refractivity contribution < 1.29 is 5.11 Å². The van der Waals surface area contributed by atoms with Crippen LogP contribution in [0.4, 0.5) is 0 Å². The van der Waals surface area contributed by atoms with Crippen LogP contribution >= 0.6 is 0 Å². The maximum absolute atomic E-state index is 10.7. The number of benzene rings is 1. The molecule has 1 aliphatic rings. The van der Waals surface area contributed by atoms with Gasteiger partial charge in [0.05, 0.1) is 22.9 Å². The number of hydrogen-bond acceptors (Lipinski definition) is 5. The minimum absolute atomic E-state index is 0.0134. The number of nitrogens with one attached hydrogen (secondary N) is 1. The van der Waals surface area contributed by atoms with Crippen LogP contribution < -0.4 is 0 Å². The first-order valence-corrected chi connectivity index (χ1v) is 9.57. The van der Waals surface area contributed by atoms with Crippen molar-refractivity contribution in [1.29, 1.82) is 10.0 Å². The van der Waals surface area contributed by atoms with Gasteiger partial charge in [-0.3, -0.25) is 4.78 Å². The quantitative estimate of drug-likeness (QED) is 0.738. The minimum atomic E-state index is -0.507. The van der Waals surface area contributed by atoms with E-state index in [2.05, 4.69) is 16.2 Å². The summed E-state index contributed by atoms with van der Waals surface area (Å²) < 4.78 is 9.63. The van der Waals surface area contributed by atoms with E-state index < -0.39 is 10.7 Å². The largest absolute Gasteiger partial charge is 0.493 e. The summed E-state index contributed by atoms with van der Waals surface area (Å²) in [5.41, 5.74) is 2.66. The van der Waals surface area contributed by atoms with Gasteiger partial charge in [-0.2, -0.15) is 15.0 Å². The van der Waals surface area contributed by atoms with E-state index >= 15 is 0 Å². The van der Waals surface area contributed by atoms with Gasteiger partial charge in [0.15, 0.2) is 5.82 Å². The Morgan fingerprint density at radius 3 is 2.54 bits per heavy atom. The molecule has 6 nitrogen and oxygen atoms in total. The van der Waals surface area contributed by atoms with Crippen LogP contribution in [0.1, 0.15) is 24.1 Å². The molecule has 1 fully saturated rings. The lowest BCUT2D eigenvalue weighted by atomic mass is 10.0. The Bertz CT molecular complexity index is 1030. The number of nitrogens with zero attached hydrogens (tertiary/aromatic N) is 4. The molecule has 2 aromatic heterocycles. The topological polar surface area (TPSA) is 98.6 Å². The van der Waals surface area contributed by atoms with Crippen LogP contribution in [-0.4, -0.2) is 25.1 Å². The van der Waals surface area contributed by atoms with Gasteiger partial charge in [-0.1, -0.05) is 22.8 Å². The molecule has 2 N–H and O–H groups in total. The third kappa shape index (κ3) is 2.89. The Labute approximate surface area is 153 Å². The number of aromatic hydroxyl groups is 1. The van der Waals surface area contributed by atoms with Crippen molar-refractivity contribution in [3.8, 4) is 28.9 Å². The molecule has 1 aliphatic carbocycles. The summed E-state index contributed by atoms with van der Waals surface area (Å²) >= 11 is 0. The molecule has 0 amide bonds. The van der Waals surface area contributed by atoms with Gasteiger partial charge in [-0.15, -0.1) is 0 Å². The average molecular weight is 363 g/mol. The molecule has 26 heavy (non-hydrogen) atoms. The predicted octanol–water partition coefficient (Wildman–Crippen LogP) is 3.72. The molecule has 0 aliphatic heterocycles. The van der Waals surface area contributed by atoms with Crippen LogP contribution in [0.15, 0.2) is 47.5 Å². The molecule has 0 unspecified atom stereocenters. The average Bonchev–Trinajstić information content (AvgIpc) is 3.47. The molecule has 0 radical (unpaired) electrons. The molecule has 0 spiro atoms. The van der Waals surface area contributed by atoms with Crippen LogP contribution in [0.25, 0.3) is 16.9 Å². The summed E-state index contributed by atoms with van der Waals surface area (Å²) in [4.78, 5) is 5.32. The molecular weight excluding hydrogens is 346 g/mol. The smallest absolute Gasteiger partial charge is 0.223 e. The van der Waals surface area contributed by atoms with E-state index in [1.807, 2.05) is 13.0 Å². The van der Waals surface area contributed by atoms with Crippen LogP contribution in [0.2, 0.25) is 0 Å². The van der Waals surface area contributed by atoms with Gasteiger partial charge in [0.25, 0.3) is 0 Å². The number of pyridine rings is 1. The Kier molecular flexibility index (Phi) is 4.05. The molecule has 4 rings (SSSR count). The van der Waals surface area contributed by atoms with Gasteiger partial charge in [-0.05, 0) is 49.6 Å². The molecule has 2 heterocycles. The van der Waals surface area contributed by atoms with E-state index in [9.17, 15) is 5.11 Å². The van der Waals surface area contributed by atoms with Gasteiger partial charge < -0.3 is 5.11 Å². The number of aromatic nitrogens is 3. The monoisotopic (exact) mass is 363 g/mol. The van der Waals surface area contributed by atoms with E-state index in [1.165, 1.54) is 4.68 Å². The highest BCUT2D eigenvalue weighted by atomic mass is 32.2. The molecule has 130 valence electrons. The van der Waals surface area contributed by atoms with Gasteiger partial charge in [0, 0.05) is 16.3 Å². The highest BCUT2D eigenvalue weighted by molar-refractivity contribution is 7.87. The van der Waals surface area contributed by atoms with Crippen molar-refractivity contribution >= 4 is 10.7 Å². The first kappa shape index (κ1) is 16.5. The van der Waals surface area contributed by atoms with Crippen molar-refractivity contribution in [3.05, 3.63) is 53.9 Å². The second-order valence-electron chi connectivity index (χ2n) is 6.27. The Morgan fingerprint density at radius 1 is 1.23 bits per heavy atom. The molecule has 7 heteroatoms. The van der Waals surface area contributed by atoms with Crippen molar-refractivity contribution in [2.45, 2.75) is 29.9 Å². The number of nitriles is 1. The number of hydrogen-bond donors (Lipinski definition) is 2. The van der Waals surface area contributed by atoms with Crippen LogP contribution in [0.3, 0.4) is 0 Å². The molecule has 1 atom stereocenters. The summed E-state index contributed by atoms with van der Waals surface area (Å²) in [6.45, 7) is 1.83. The lowest BCUT2D eigenvalue weighted by Gasteiger charge is -2.06. The number of aryl methyl sites for hydroxylation is 1. The summed E-state index contributed by atoms with van der Waals surface area (Å²) in [5, 5.41) is 24.5. The molecule has 3 aromatic rings. The summed E-state index contributed by atoms with van der Waals surface area (Å²) in [6, 6.07) is 12.8. The van der Waals surface area contributed by atoms with Gasteiger partial charge in [0.2, 0.25) is 5.88 Å². The van der Waals surface area contributed by atoms with E-state index in [4.69, 9.17) is 10.0 Å². The first-order chi connectivity index (χ1) is 12.6. The molecular formula is C19H17N5OS. The lowest BCUT2D eigenvalue weighted by Crippen LogP contribution is -2.02. The molecule has 0 bridgehead atoms. The van der Waals surface area contributed by atoms with E-state index in [0.717, 1.165) is 23.3 Å². The normalized spacial score (nSPS) is 14.8. The van der Waals surface area contributed by atoms with Crippen molar-refractivity contribution in [2.75, 3.05) is 0 Å². The molecule has 1 saturated carbocycles. The summed E-state index contributed by atoms with van der Waals surface area (Å²) in [7, 11) is -0.507. The maximum atomic E-state index is 10.7. The first-order valence-electron chi connectivity index (χ1n) is 8.28. The van der Waals surface area contributed by atoms with Crippen LogP contribution in [0, 0.1) is 23.0 Å². The van der Waals surface area contributed by atoms with Crippen molar-refractivity contribution in [2.24, 2.45) is 0 Å². The predicted molar refractivity (Wildman–Crippen MR) is 99.3 cm³/mol. The second-order valence-corrected chi connectivity index (χ2v) is 8.09. The second kappa shape index (κ2) is 6.39. The fraction of sp³-hybridized carbons (Fsp3) is 0.211. The van der Waals surface area contributed by atoms with Crippen molar-refractivity contribution in [1.82, 2.24) is 14.8 Å². The van der Waals surface area contributed by atoms with E-state index in [-0.39, 0.29) is 5.88 Å². The highest BCUT2D eigenvalue weighted by Crippen LogP contribution is 2.34.